The summed E-state index contributed by atoms with van der Waals surface area (Å²) in [5, 5.41) is 0. The average molecular weight is 440 g/mol. The highest BCUT2D eigenvalue weighted by molar-refractivity contribution is 5.83. The first-order valence-electron chi connectivity index (χ1n) is 11.4. The third-order valence-corrected chi connectivity index (χ3v) is 5.81. The Bertz CT molecular complexity index is 955. The highest BCUT2D eigenvalue weighted by Gasteiger charge is 2.36. The molecule has 0 amide bonds. The van der Waals surface area contributed by atoms with E-state index in [-0.39, 0.29) is 11.2 Å². The summed E-state index contributed by atoms with van der Waals surface area (Å²) in [6.07, 6.45) is 4.22. The summed E-state index contributed by atoms with van der Waals surface area (Å²) in [6, 6.07) is 3.75. The average Bonchev–Trinajstić information content (AvgIpc) is 3.01. The van der Waals surface area contributed by atoms with Crippen molar-refractivity contribution in [3.05, 3.63) is 29.6 Å². The number of nitrogens with zero attached hydrogens (tertiary/aromatic N) is 5. The van der Waals surface area contributed by atoms with Gasteiger partial charge in [-0.25, -0.2) is 9.97 Å². The molecule has 0 aromatic carbocycles. The molecule has 0 bridgehead atoms. The topological polar surface area (TPSA) is 71.5 Å². The number of ether oxygens (including phenoxy) is 1. The zero-order valence-electron chi connectivity index (χ0n) is 20.6. The molecule has 0 aliphatic heterocycles. The second-order valence-corrected chi connectivity index (χ2v) is 10.1. The number of hydrogen-bond donors (Lipinski definition) is 0. The second-order valence-electron chi connectivity index (χ2n) is 10.1. The van der Waals surface area contributed by atoms with Crippen LogP contribution in [0.15, 0.2) is 18.3 Å². The molecular formula is C25H37N5O2. The molecule has 174 valence electrons. The van der Waals surface area contributed by atoms with Gasteiger partial charge in [-0.15, -0.1) is 0 Å². The molecule has 0 spiro atoms. The predicted octanol–water partition coefficient (Wildman–Crippen LogP) is 3.75. The summed E-state index contributed by atoms with van der Waals surface area (Å²) in [7, 11) is 5.99. The lowest BCUT2D eigenvalue weighted by molar-refractivity contribution is -0.118. The Labute approximate surface area is 192 Å². The predicted molar refractivity (Wildman–Crippen MR) is 128 cm³/mol. The molecule has 32 heavy (non-hydrogen) atoms. The van der Waals surface area contributed by atoms with E-state index in [9.17, 15) is 4.79 Å². The Morgan fingerprint density at radius 3 is 2.66 bits per heavy atom. The first-order valence-corrected chi connectivity index (χ1v) is 11.4. The number of carbonyl (C=O) groups excluding carboxylic acids is 1. The number of carbonyl (C=O) groups is 1. The summed E-state index contributed by atoms with van der Waals surface area (Å²) >= 11 is 0. The van der Waals surface area contributed by atoms with Crippen LogP contribution in [-0.2, 0) is 16.6 Å². The van der Waals surface area contributed by atoms with E-state index in [0.717, 1.165) is 42.2 Å². The number of Topliss-reactive ketones (excluding diaryl/α,β-unsaturated/α-hetero) is 1. The first kappa shape index (κ1) is 24.1. The first-order chi connectivity index (χ1) is 15.1. The standard InChI is InChI=1S/C25H37N5O2/c1-17(2)14-18(31)16-30(7)24-22-20(8-10-25(22,3)4)27-23(28-24)21-15-19(9-11-26-21)32-13-12-29(5)6/h9,11,15,17H,8,10,12-14,16H2,1-7H3. The van der Waals surface area contributed by atoms with Crippen molar-refractivity contribution in [2.24, 2.45) is 5.92 Å². The third-order valence-electron chi connectivity index (χ3n) is 5.81. The van der Waals surface area contributed by atoms with Gasteiger partial charge in [-0.1, -0.05) is 27.7 Å². The molecule has 3 rings (SSSR count). The smallest absolute Gasteiger partial charge is 0.180 e. The number of aryl methyl sites for hydroxylation is 1. The van der Waals surface area contributed by atoms with Gasteiger partial charge < -0.3 is 14.5 Å². The van der Waals surface area contributed by atoms with Crippen LogP contribution in [0.25, 0.3) is 11.5 Å². The molecule has 1 aliphatic rings. The summed E-state index contributed by atoms with van der Waals surface area (Å²) in [6.45, 7) is 10.4. The number of anilines is 1. The van der Waals surface area contributed by atoms with Gasteiger partial charge in [0.15, 0.2) is 11.6 Å². The minimum Gasteiger partial charge on any atom is -0.492 e. The van der Waals surface area contributed by atoms with Crippen molar-refractivity contribution in [1.82, 2.24) is 19.9 Å². The molecule has 1 aliphatic carbocycles. The quantitative estimate of drug-likeness (QED) is 0.558. The fraction of sp³-hybridized carbons (Fsp3) is 0.600. The summed E-state index contributed by atoms with van der Waals surface area (Å²) in [5.74, 6) is 2.74. The van der Waals surface area contributed by atoms with Gasteiger partial charge in [0, 0.05) is 37.8 Å². The molecule has 2 aromatic heterocycles. The van der Waals surface area contributed by atoms with Crippen molar-refractivity contribution in [2.45, 2.75) is 52.4 Å². The Balaban J connectivity index is 1.94. The highest BCUT2D eigenvalue weighted by atomic mass is 16.5. The zero-order valence-corrected chi connectivity index (χ0v) is 20.6. The summed E-state index contributed by atoms with van der Waals surface area (Å²) in [4.78, 5) is 30.9. The number of aromatic nitrogens is 3. The molecule has 0 fully saturated rings. The maximum atomic E-state index is 12.5. The van der Waals surface area contributed by atoms with Gasteiger partial charge in [-0.3, -0.25) is 9.78 Å². The highest BCUT2D eigenvalue weighted by Crippen LogP contribution is 2.43. The van der Waals surface area contributed by atoms with E-state index < -0.39 is 0 Å². The van der Waals surface area contributed by atoms with Gasteiger partial charge >= 0.3 is 0 Å². The molecule has 0 radical (unpaired) electrons. The van der Waals surface area contributed by atoms with Crippen LogP contribution in [0.1, 0.15) is 51.8 Å². The van der Waals surface area contributed by atoms with Crippen LogP contribution in [-0.4, -0.2) is 66.5 Å². The third kappa shape index (κ3) is 5.82. The number of hydrogen-bond acceptors (Lipinski definition) is 7. The van der Waals surface area contributed by atoms with Crippen molar-refractivity contribution in [3.63, 3.8) is 0 Å². The van der Waals surface area contributed by atoms with E-state index in [1.165, 1.54) is 0 Å². The van der Waals surface area contributed by atoms with Crippen LogP contribution in [0.4, 0.5) is 5.82 Å². The zero-order chi connectivity index (χ0) is 23.5. The van der Waals surface area contributed by atoms with Gasteiger partial charge in [0.05, 0.1) is 12.2 Å². The second kappa shape index (κ2) is 9.94. The molecule has 0 unspecified atom stereocenters. The van der Waals surface area contributed by atoms with Crippen LogP contribution in [0.2, 0.25) is 0 Å². The lowest BCUT2D eigenvalue weighted by atomic mass is 9.87. The minimum atomic E-state index is -0.0247. The van der Waals surface area contributed by atoms with Crippen molar-refractivity contribution in [2.75, 3.05) is 45.7 Å². The van der Waals surface area contributed by atoms with Crippen LogP contribution in [0, 0.1) is 5.92 Å². The van der Waals surface area contributed by atoms with E-state index in [1.807, 2.05) is 38.2 Å². The molecule has 2 aromatic rings. The Morgan fingerprint density at radius 2 is 1.97 bits per heavy atom. The number of ketones is 1. The molecule has 2 heterocycles. The fourth-order valence-electron chi connectivity index (χ4n) is 4.14. The Morgan fingerprint density at radius 1 is 1.22 bits per heavy atom. The van der Waals surface area contributed by atoms with Crippen molar-refractivity contribution in [3.8, 4) is 17.3 Å². The van der Waals surface area contributed by atoms with Crippen molar-refractivity contribution in [1.29, 1.82) is 0 Å². The lowest BCUT2D eigenvalue weighted by Crippen LogP contribution is -2.30. The normalized spacial score (nSPS) is 14.7. The number of likely N-dealkylation sites (N-methyl/N-ethyl adjacent to an activating group) is 2. The SMILES string of the molecule is CC(C)CC(=O)CN(C)c1nc(-c2cc(OCCN(C)C)ccn2)nc2c1C(C)(C)CC2. The van der Waals surface area contributed by atoms with Gasteiger partial charge in [-0.05, 0) is 44.3 Å². The largest absolute Gasteiger partial charge is 0.492 e. The molecule has 7 nitrogen and oxygen atoms in total. The number of pyridine rings is 1. The van der Waals surface area contributed by atoms with Crippen LogP contribution in [0.3, 0.4) is 0 Å². The fourth-order valence-corrected chi connectivity index (χ4v) is 4.14. The molecule has 0 saturated carbocycles. The molecule has 0 atom stereocenters. The lowest BCUT2D eigenvalue weighted by Gasteiger charge is -2.27. The maximum Gasteiger partial charge on any atom is 0.180 e. The molecule has 0 N–H and O–H groups in total. The van der Waals surface area contributed by atoms with Gasteiger partial charge in [0.25, 0.3) is 0 Å². The van der Waals surface area contributed by atoms with E-state index in [0.29, 0.717) is 37.0 Å². The summed E-state index contributed by atoms with van der Waals surface area (Å²) in [5.41, 5.74) is 2.87. The number of fused-ring (bicyclic) bond motifs is 1. The van der Waals surface area contributed by atoms with Crippen LogP contribution < -0.4 is 9.64 Å². The van der Waals surface area contributed by atoms with Gasteiger partial charge in [0.2, 0.25) is 0 Å². The number of rotatable bonds is 10. The van der Waals surface area contributed by atoms with Crippen LogP contribution in [0.5, 0.6) is 5.75 Å². The Hall–Kier alpha value is -2.54. The Kier molecular flexibility index (Phi) is 7.49. The maximum absolute atomic E-state index is 12.5. The molecule has 7 heteroatoms. The van der Waals surface area contributed by atoms with Crippen LogP contribution >= 0.6 is 0 Å². The van der Waals surface area contributed by atoms with Gasteiger partial charge in [0.1, 0.15) is 23.9 Å². The summed E-state index contributed by atoms with van der Waals surface area (Å²) < 4.78 is 5.88. The van der Waals surface area contributed by atoms with Gasteiger partial charge in [-0.2, -0.15) is 0 Å². The minimum absolute atomic E-state index is 0.0247. The monoisotopic (exact) mass is 439 g/mol. The van der Waals surface area contributed by atoms with E-state index in [4.69, 9.17) is 14.7 Å². The molecular weight excluding hydrogens is 402 g/mol. The van der Waals surface area contributed by atoms with E-state index >= 15 is 0 Å². The van der Waals surface area contributed by atoms with Crippen molar-refractivity contribution >= 4 is 11.6 Å². The van der Waals surface area contributed by atoms with Crippen molar-refractivity contribution < 1.29 is 9.53 Å². The van der Waals surface area contributed by atoms with E-state index in [2.05, 4.69) is 37.6 Å². The van der Waals surface area contributed by atoms with E-state index in [1.54, 1.807) is 6.20 Å². The molecule has 0 saturated heterocycles.